The molecule has 0 radical (unpaired) electrons. The van der Waals surface area contributed by atoms with Gasteiger partial charge in [0.2, 0.25) is 0 Å². The Bertz CT molecular complexity index is 1650. The van der Waals surface area contributed by atoms with Crippen LogP contribution < -0.4 is 11.5 Å². The number of aliphatic hydroxyl groups is 1. The Hall–Kier alpha value is -3.85. The van der Waals surface area contributed by atoms with Crippen LogP contribution in [-0.4, -0.2) is 55.2 Å². The largest absolute Gasteiger partial charge is 0.382 e. The molecule has 1 saturated heterocycles. The van der Waals surface area contributed by atoms with Gasteiger partial charge in [-0.15, -0.1) is 0 Å². The summed E-state index contributed by atoms with van der Waals surface area (Å²) in [5, 5.41) is 10.8. The third kappa shape index (κ3) is 4.62. The predicted octanol–water partition coefficient (Wildman–Crippen LogP) is 4.68. The van der Waals surface area contributed by atoms with Gasteiger partial charge in [-0.05, 0) is 56.8 Å². The number of hydrogen-bond donors (Lipinski definition) is 3. The number of likely N-dealkylation sites (tertiary alicyclic amines) is 1. The van der Waals surface area contributed by atoms with E-state index in [4.69, 9.17) is 21.4 Å². The van der Waals surface area contributed by atoms with Gasteiger partial charge >= 0.3 is 0 Å². The molecule has 0 spiro atoms. The van der Waals surface area contributed by atoms with E-state index in [1.807, 2.05) is 24.4 Å². The summed E-state index contributed by atoms with van der Waals surface area (Å²) in [6.07, 6.45) is 7.23. The Kier molecular flexibility index (Phi) is 6.46. The molecule has 3 aromatic heterocycles. The van der Waals surface area contributed by atoms with E-state index in [1.165, 1.54) is 0 Å². The van der Waals surface area contributed by atoms with Crippen molar-refractivity contribution >= 4 is 22.2 Å². The van der Waals surface area contributed by atoms with Crippen LogP contribution in [0.3, 0.4) is 0 Å². The number of benzene rings is 2. The highest BCUT2D eigenvalue weighted by atomic mass is 16.3. The van der Waals surface area contributed by atoms with Crippen molar-refractivity contribution in [2.45, 2.75) is 37.8 Å². The number of pyridine rings is 1. The van der Waals surface area contributed by atoms with Gasteiger partial charge in [0.05, 0.1) is 11.2 Å². The summed E-state index contributed by atoms with van der Waals surface area (Å²) < 4.78 is 2.14. The van der Waals surface area contributed by atoms with Crippen LogP contribution in [0.15, 0.2) is 73.1 Å². The van der Waals surface area contributed by atoms with Gasteiger partial charge in [-0.25, -0.2) is 15.0 Å². The van der Waals surface area contributed by atoms with E-state index in [2.05, 4.69) is 56.7 Å². The van der Waals surface area contributed by atoms with Crippen molar-refractivity contribution in [1.82, 2.24) is 24.3 Å². The van der Waals surface area contributed by atoms with Crippen molar-refractivity contribution in [3.8, 4) is 22.5 Å². The fraction of sp³-hybridized carbons (Fsp3) is 0.344. The summed E-state index contributed by atoms with van der Waals surface area (Å²) in [4.78, 5) is 17.1. The summed E-state index contributed by atoms with van der Waals surface area (Å²) >= 11 is 0. The van der Waals surface area contributed by atoms with E-state index < -0.39 is 6.23 Å². The Morgan fingerprint density at radius 1 is 0.950 bits per heavy atom. The maximum atomic E-state index is 9.70. The molecule has 1 saturated carbocycles. The van der Waals surface area contributed by atoms with Gasteiger partial charge < -0.3 is 21.5 Å². The minimum absolute atomic E-state index is 0.231. The number of hydrogen-bond acceptors (Lipinski definition) is 7. The lowest BCUT2D eigenvalue weighted by Crippen LogP contribution is -2.44. The smallest absolute Gasteiger partial charge is 0.150 e. The van der Waals surface area contributed by atoms with Crippen LogP contribution in [0.4, 0.5) is 5.82 Å². The van der Waals surface area contributed by atoms with Crippen molar-refractivity contribution < 1.29 is 5.11 Å². The van der Waals surface area contributed by atoms with Crippen LogP contribution in [-0.2, 0) is 0 Å². The minimum Gasteiger partial charge on any atom is -0.382 e. The fourth-order valence-electron chi connectivity index (χ4n) is 6.55. The number of rotatable bonds is 6. The van der Waals surface area contributed by atoms with Crippen molar-refractivity contribution in [3.63, 3.8) is 0 Å². The average Bonchev–Trinajstić information content (AvgIpc) is 3.35. The molecule has 204 valence electrons. The van der Waals surface area contributed by atoms with E-state index in [0.717, 1.165) is 90.1 Å². The van der Waals surface area contributed by atoms with Crippen LogP contribution in [0.25, 0.3) is 38.9 Å². The lowest BCUT2D eigenvalue weighted by Gasteiger charge is -2.40. The number of imidazole rings is 1. The van der Waals surface area contributed by atoms with E-state index in [0.29, 0.717) is 17.7 Å². The van der Waals surface area contributed by atoms with Gasteiger partial charge in [-0.3, -0.25) is 4.40 Å². The number of anilines is 1. The molecule has 0 amide bonds. The second-order valence-corrected chi connectivity index (χ2v) is 11.5. The SMILES string of the molecule is Nc1nccn2c1c(-c1ccc3ccc(-c4ccccc4)nc3c1)nc2[C@H]1C[C@@H](CN2CCC(C(N)O)CC2)C1. The molecule has 2 fully saturated rings. The van der Waals surface area contributed by atoms with Crippen molar-refractivity contribution in [2.24, 2.45) is 17.6 Å². The van der Waals surface area contributed by atoms with Crippen LogP contribution >= 0.6 is 0 Å². The van der Waals surface area contributed by atoms with Crippen molar-refractivity contribution in [3.05, 3.63) is 78.9 Å². The molecule has 40 heavy (non-hydrogen) atoms. The predicted molar refractivity (Wildman–Crippen MR) is 158 cm³/mol. The Labute approximate surface area is 233 Å². The van der Waals surface area contributed by atoms with Gasteiger partial charge in [0.1, 0.15) is 29.1 Å². The number of fused-ring (bicyclic) bond motifs is 2. The van der Waals surface area contributed by atoms with Gasteiger partial charge in [0.15, 0.2) is 0 Å². The number of nitrogen functional groups attached to an aromatic ring is 1. The third-order valence-corrected chi connectivity index (χ3v) is 8.88. The van der Waals surface area contributed by atoms with Crippen molar-refractivity contribution in [1.29, 1.82) is 0 Å². The molecule has 1 aliphatic heterocycles. The molecule has 5 N–H and O–H groups in total. The molecule has 2 aromatic carbocycles. The second kappa shape index (κ2) is 10.3. The molecule has 1 atom stereocenters. The van der Waals surface area contributed by atoms with Crippen LogP contribution in [0.2, 0.25) is 0 Å². The zero-order valence-corrected chi connectivity index (χ0v) is 22.5. The highest BCUT2D eigenvalue weighted by Gasteiger charge is 2.36. The normalized spacial score (nSPS) is 21.1. The lowest BCUT2D eigenvalue weighted by molar-refractivity contribution is 0.0510. The highest BCUT2D eigenvalue weighted by molar-refractivity contribution is 5.91. The molecule has 8 heteroatoms. The zero-order valence-electron chi connectivity index (χ0n) is 22.5. The molecule has 2 aliphatic rings. The maximum Gasteiger partial charge on any atom is 0.150 e. The minimum atomic E-state index is -0.690. The monoisotopic (exact) mass is 533 g/mol. The molecule has 5 aromatic rings. The Morgan fingerprint density at radius 3 is 2.50 bits per heavy atom. The quantitative estimate of drug-likeness (QED) is 0.271. The second-order valence-electron chi connectivity index (χ2n) is 11.5. The van der Waals surface area contributed by atoms with Crippen LogP contribution in [0.1, 0.15) is 37.4 Å². The zero-order chi connectivity index (χ0) is 27.2. The topological polar surface area (TPSA) is 119 Å². The van der Waals surface area contributed by atoms with Gasteiger partial charge in [0.25, 0.3) is 0 Å². The van der Waals surface area contributed by atoms with Gasteiger partial charge in [-0.1, -0.05) is 48.5 Å². The lowest BCUT2D eigenvalue weighted by atomic mass is 9.74. The number of aromatic nitrogens is 4. The molecule has 4 heterocycles. The Balaban J connectivity index is 1.15. The summed E-state index contributed by atoms with van der Waals surface area (Å²) in [6.45, 7) is 3.13. The van der Waals surface area contributed by atoms with E-state index >= 15 is 0 Å². The molecular weight excluding hydrogens is 498 g/mol. The van der Waals surface area contributed by atoms with Crippen molar-refractivity contribution in [2.75, 3.05) is 25.4 Å². The summed E-state index contributed by atoms with van der Waals surface area (Å²) in [5.41, 5.74) is 17.8. The number of piperidine rings is 1. The third-order valence-electron chi connectivity index (χ3n) is 8.88. The first-order valence-electron chi connectivity index (χ1n) is 14.3. The highest BCUT2D eigenvalue weighted by Crippen LogP contribution is 2.44. The number of nitrogens with two attached hydrogens (primary N) is 2. The molecule has 1 aliphatic carbocycles. The number of aliphatic hydroxyl groups excluding tert-OH is 1. The van der Waals surface area contributed by atoms with Crippen LogP contribution in [0, 0.1) is 11.8 Å². The first-order chi connectivity index (χ1) is 19.5. The maximum absolute atomic E-state index is 9.70. The van der Waals surface area contributed by atoms with Gasteiger partial charge in [0, 0.05) is 47.3 Å². The molecular formula is C32H35N7O. The van der Waals surface area contributed by atoms with E-state index in [1.54, 1.807) is 6.20 Å². The summed E-state index contributed by atoms with van der Waals surface area (Å²) in [6, 6.07) is 20.8. The molecule has 1 unspecified atom stereocenters. The van der Waals surface area contributed by atoms with Crippen LogP contribution in [0.5, 0.6) is 0 Å². The number of nitrogens with zero attached hydrogens (tertiary/aromatic N) is 5. The van der Waals surface area contributed by atoms with Gasteiger partial charge in [-0.2, -0.15) is 0 Å². The first kappa shape index (κ1) is 25.1. The van der Waals surface area contributed by atoms with E-state index in [9.17, 15) is 5.11 Å². The summed E-state index contributed by atoms with van der Waals surface area (Å²) in [7, 11) is 0. The van der Waals surface area contributed by atoms with E-state index in [-0.39, 0.29) is 5.92 Å². The fourth-order valence-corrected chi connectivity index (χ4v) is 6.55. The molecule has 8 nitrogen and oxygen atoms in total. The summed E-state index contributed by atoms with van der Waals surface area (Å²) in [5.74, 6) is 2.82. The standard InChI is InChI=1S/C32H35N7O/c33-30-29-28(24-7-6-22-8-9-26(36-27(22)18-24)21-4-2-1-3-5-21)37-32(39(29)15-12-35-30)25-16-20(17-25)19-38-13-10-23(11-14-38)31(34)40/h1-9,12,15,18,20,23,25,31,40H,10-11,13-14,16-17,19,34H2,(H2,33,35)/t20-,25+,31?. The average molecular weight is 534 g/mol. The molecule has 0 bridgehead atoms. The first-order valence-corrected chi connectivity index (χ1v) is 14.3. The molecule has 7 rings (SSSR count). The Morgan fingerprint density at radius 2 is 1.73 bits per heavy atom.